The van der Waals surface area contributed by atoms with Gasteiger partial charge in [-0.1, -0.05) is 54.1 Å². The molecule has 3 aromatic rings. The summed E-state index contributed by atoms with van der Waals surface area (Å²) in [7, 11) is -2.22. The molecule has 0 unspecified atom stereocenters. The third-order valence-electron chi connectivity index (χ3n) is 4.34. The predicted octanol–water partition coefficient (Wildman–Crippen LogP) is 4.65. The van der Waals surface area contributed by atoms with E-state index in [0.717, 1.165) is 5.56 Å². The van der Waals surface area contributed by atoms with Crippen molar-refractivity contribution < 1.29 is 8.42 Å². The average Bonchev–Trinajstić information content (AvgIpc) is 2.65. The first-order valence-corrected chi connectivity index (χ1v) is 9.82. The molecule has 0 bridgehead atoms. The summed E-state index contributed by atoms with van der Waals surface area (Å²) in [6.45, 7) is 0. The fourth-order valence-electron chi connectivity index (χ4n) is 3.01. The van der Waals surface area contributed by atoms with E-state index in [4.69, 9.17) is 16.6 Å². The molecule has 130 valence electrons. The van der Waals surface area contributed by atoms with Gasteiger partial charge in [0.15, 0.2) is 0 Å². The monoisotopic (exact) mass is 382 g/mol. The second kappa shape index (κ2) is 6.27. The van der Waals surface area contributed by atoms with E-state index >= 15 is 0 Å². The van der Waals surface area contributed by atoms with E-state index in [9.17, 15) is 8.42 Å². The van der Waals surface area contributed by atoms with Crippen molar-refractivity contribution in [1.29, 1.82) is 0 Å². The first-order valence-electron chi connectivity index (χ1n) is 8.00. The Balaban J connectivity index is 2.14. The lowest BCUT2D eigenvalue weighted by Crippen LogP contribution is -2.29. The Hall–Kier alpha value is -2.63. The van der Waals surface area contributed by atoms with Crippen LogP contribution >= 0.6 is 11.6 Å². The molecule has 0 N–H and O–H groups in total. The summed E-state index contributed by atoms with van der Waals surface area (Å²) in [5.41, 5.74) is 3.01. The molecule has 1 heterocycles. The highest BCUT2D eigenvalue weighted by Gasteiger charge is 2.30. The lowest BCUT2D eigenvalue weighted by Gasteiger charge is -2.25. The van der Waals surface area contributed by atoms with E-state index in [1.807, 2.05) is 36.4 Å². The summed E-state index contributed by atoms with van der Waals surface area (Å²) >= 11 is 6.19. The zero-order valence-electron chi connectivity index (χ0n) is 13.9. The van der Waals surface area contributed by atoms with Gasteiger partial charge in [0.05, 0.1) is 22.0 Å². The van der Waals surface area contributed by atoms with Crippen molar-refractivity contribution in [2.45, 2.75) is 4.90 Å². The predicted molar refractivity (Wildman–Crippen MR) is 105 cm³/mol. The number of aliphatic imine (C=N–C) groups is 1. The van der Waals surface area contributed by atoms with E-state index in [1.54, 1.807) is 30.3 Å². The minimum absolute atomic E-state index is 0.182. The smallest absolute Gasteiger partial charge is 0.264 e. The van der Waals surface area contributed by atoms with Crippen molar-refractivity contribution in [3.63, 3.8) is 0 Å². The molecule has 0 amide bonds. The third-order valence-corrected chi connectivity index (χ3v) is 6.40. The summed E-state index contributed by atoms with van der Waals surface area (Å²) in [6, 6.07) is 21.5. The van der Waals surface area contributed by atoms with Gasteiger partial charge >= 0.3 is 0 Å². The van der Waals surface area contributed by atoms with Crippen molar-refractivity contribution in [3.8, 4) is 0 Å². The van der Waals surface area contributed by atoms with E-state index in [1.165, 1.54) is 17.4 Å². The minimum atomic E-state index is -3.76. The van der Waals surface area contributed by atoms with Crippen LogP contribution in [-0.4, -0.2) is 21.2 Å². The molecule has 26 heavy (non-hydrogen) atoms. The van der Waals surface area contributed by atoms with Crippen LogP contribution in [0.25, 0.3) is 0 Å². The van der Waals surface area contributed by atoms with Crippen molar-refractivity contribution in [2.75, 3.05) is 11.4 Å². The molecule has 0 radical (unpaired) electrons. The number of halogens is 1. The number of sulfonamides is 1. The van der Waals surface area contributed by atoms with Gasteiger partial charge in [-0.3, -0.25) is 4.31 Å². The van der Waals surface area contributed by atoms with Gasteiger partial charge in [0, 0.05) is 23.2 Å². The normalized spacial score (nSPS) is 15.3. The minimum Gasteiger partial charge on any atom is -0.267 e. The van der Waals surface area contributed by atoms with E-state index in [2.05, 4.69) is 0 Å². The second-order valence-electron chi connectivity index (χ2n) is 5.93. The molecule has 0 atom stereocenters. The van der Waals surface area contributed by atoms with Gasteiger partial charge in [-0.15, -0.1) is 0 Å². The summed E-state index contributed by atoms with van der Waals surface area (Å²) in [6.07, 6.45) is 0. The molecule has 4 nitrogen and oxygen atoms in total. The van der Waals surface area contributed by atoms with Gasteiger partial charge in [0.1, 0.15) is 0 Å². The molecule has 0 saturated heterocycles. The SMILES string of the molecule is CN1c2ccccc2N=C(c2ccccc2)c2cc(Cl)ccc2S1(=O)=O. The lowest BCUT2D eigenvalue weighted by molar-refractivity contribution is 0.594. The molecule has 3 aromatic carbocycles. The Labute approximate surface area is 157 Å². The molecule has 4 rings (SSSR count). The van der Waals surface area contributed by atoms with Crippen LogP contribution in [0.4, 0.5) is 11.4 Å². The molecular weight excluding hydrogens is 368 g/mol. The highest BCUT2D eigenvalue weighted by molar-refractivity contribution is 7.93. The van der Waals surface area contributed by atoms with Gasteiger partial charge in [-0.05, 0) is 30.3 Å². The van der Waals surface area contributed by atoms with Crippen LogP contribution in [0.5, 0.6) is 0 Å². The highest BCUT2D eigenvalue weighted by atomic mass is 35.5. The van der Waals surface area contributed by atoms with E-state index in [0.29, 0.717) is 27.7 Å². The van der Waals surface area contributed by atoms with Gasteiger partial charge in [-0.25, -0.2) is 13.4 Å². The fourth-order valence-corrected chi connectivity index (χ4v) is 4.56. The summed E-state index contributed by atoms with van der Waals surface area (Å²) < 4.78 is 27.8. The molecule has 1 aliphatic heterocycles. The maximum Gasteiger partial charge on any atom is 0.264 e. The third kappa shape index (κ3) is 2.69. The fraction of sp³-hybridized carbons (Fsp3) is 0.0500. The van der Waals surface area contributed by atoms with Crippen molar-refractivity contribution in [3.05, 3.63) is 88.9 Å². The van der Waals surface area contributed by atoms with Gasteiger partial charge in [-0.2, -0.15) is 0 Å². The Bertz CT molecular complexity index is 1130. The quantitative estimate of drug-likeness (QED) is 0.615. The van der Waals surface area contributed by atoms with Gasteiger partial charge in [0.25, 0.3) is 10.0 Å². The number of hydrogen-bond acceptors (Lipinski definition) is 3. The molecule has 0 spiro atoms. The number of nitrogens with zero attached hydrogens (tertiary/aromatic N) is 2. The molecular formula is C20H15ClN2O2S. The van der Waals surface area contributed by atoms with Crippen LogP contribution in [-0.2, 0) is 10.0 Å². The largest absolute Gasteiger partial charge is 0.267 e. The van der Waals surface area contributed by atoms with E-state index in [-0.39, 0.29) is 4.90 Å². The Morgan fingerprint density at radius 3 is 2.38 bits per heavy atom. The zero-order chi connectivity index (χ0) is 18.3. The van der Waals surface area contributed by atoms with Crippen LogP contribution in [0, 0.1) is 0 Å². The number of anilines is 1. The number of rotatable bonds is 1. The zero-order valence-corrected chi connectivity index (χ0v) is 15.5. The molecule has 0 aliphatic carbocycles. The standard InChI is InChI=1S/C20H15ClN2O2S/c1-23-18-10-6-5-9-17(18)22-20(14-7-3-2-4-8-14)16-13-15(21)11-12-19(16)26(23,24)25/h2-13H,1H3. The van der Waals surface area contributed by atoms with Crippen LogP contribution in [0.1, 0.15) is 11.1 Å². The Morgan fingerprint density at radius 1 is 0.923 bits per heavy atom. The van der Waals surface area contributed by atoms with Crippen LogP contribution in [0.15, 0.2) is 82.7 Å². The number of fused-ring (bicyclic) bond motifs is 2. The summed E-state index contributed by atoms with van der Waals surface area (Å²) in [4.78, 5) is 5.00. The maximum atomic E-state index is 13.3. The summed E-state index contributed by atoms with van der Waals surface area (Å²) in [5, 5.41) is 0.457. The second-order valence-corrected chi connectivity index (χ2v) is 8.30. The number of para-hydroxylation sites is 2. The first-order chi connectivity index (χ1) is 12.5. The van der Waals surface area contributed by atoms with Gasteiger partial charge < -0.3 is 0 Å². The summed E-state index contributed by atoms with van der Waals surface area (Å²) in [5.74, 6) is 0. The maximum absolute atomic E-state index is 13.3. The van der Waals surface area contributed by atoms with Crippen molar-refractivity contribution in [2.24, 2.45) is 4.99 Å². The van der Waals surface area contributed by atoms with Crippen LogP contribution in [0.2, 0.25) is 5.02 Å². The molecule has 6 heteroatoms. The molecule has 0 saturated carbocycles. The van der Waals surface area contributed by atoms with Crippen molar-refractivity contribution >= 4 is 38.7 Å². The van der Waals surface area contributed by atoms with Crippen LogP contribution < -0.4 is 4.31 Å². The number of benzene rings is 3. The molecule has 0 aromatic heterocycles. The lowest BCUT2D eigenvalue weighted by atomic mass is 10.0. The molecule has 0 fully saturated rings. The average molecular weight is 383 g/mol. The topological polar surface area (TPSA) is 49.7 Å². The van der Waals surface area contributed by atoms with Crippen LogP contribution in [0.3, 0.4) is 0 Å². The Kier molecular flexibility index (Phi) is 4.05. The Morgan fingerprint density at radius 2 is 1.62 bits per heavy atom. The first kappa shape index (κ1) is 16.8. The van der Waals surface area contributed by atoms with E-state index < -0.39 is 10.0 Å². The molecule has 1 aliphatic rings. The van der Waals surface area contributed by atoms with Gasteiger partial charge in [0.2, 0.25) is 0 Å². The highest BCUT2D eigenvalue weighted by Crippen LogP contribution is 2.37. The van der Waals surface area contributed by atoms with Crippen molar-refractivity contribution in [1.82, 2.24) is 0 Å². The number of hydrogen-bond donors (Lipinski definition) is 0.